The van der Waals surface area contributed by atoms with Gasteiger partial charge >= 0.3 is 0 Å². The monoisotopic (exact) mass is 266 g/mol. The lowest BCUT2D eigenvalue weighted by atomic mass is 10.1. The van der Waals surface area contributed by atoms with Crippen molar-refractivity contribution in [3.8, 4) is 5.75 Å². The van der Waals surface area contributed by atoms with E-state index in [1.807, 2.05) is 0 Å². The first-order valence-electron chi connectivity index (χ1n) is 5.97. The highest BCUT2D eigenvalue weighted by Crippen LogP contribution is 2.22. The smallest absolute Gasteiger partial charge is 0.282 e. The van der Waals surface area contributed by atoms with E-state index in [0.717, 1.165) is 5.01 Å². The fourth-order valence-corrected chi connectivity index (χ4v) is 1.97. The van der Waals surface area contributed by atoms with Gasteiger partial charge in [0.05, 0.1) is 17.3 Å². The zero-order chi connectivity index (χ0) is 14.1. The topological polar surface area (TPSA) is 70.0 Å². The quantitative estimate of drug-likeness (QED) is 0.667. The summed E-state index contributed by atoms with van der Waals surface area (Å²) in [6.45, 7) is 0. The number of carbonyl (C=O) groups is 2. The summed E-state index contributed by atoms with van der Waals surface area (Å²) in [6.07, 6.45) is 1.40. The van der Waals surface area contributed by atoms with Crippen LogP contribution in [0.15, 0.2) is 53.6 Å². The van der Waals surface area contributed by atoms with E-state index in [1.54, 1.807) is 36.4 Å². The second kappa shape index (κ2) is 4.62. The van der Waals surface area contributed by atoms with Gasteiger partial charge in [0.15, 0.2) is 0 Å². The van der Waals surface area contributed by atoms with Crippen LogP contribution in [0, 0.1) is 0 Å². The van der Waals surface area contributed by atoms with E-state index in [2.05, 4.69) is 5.10 Å². The number of phenols is 1. The van der Waals surface area contributed by atoms with Crippen molar-refractivity contribution in [2.45, 2.75) is 0 Å². The molecule has 2 aromatic rings. The average Bonchev–Trinajstić information content (AvgIpc) is 2.71. The van der Waals surface area contributed by atoms with E-state index >= 15 is 0 Å². The van der Waals surface area contributed by atoms with Gasteiger partial charge in [-0.3, -0.25) is 9.59 Å². The molecule has 1 aliphatic rings. The Morgan fingerprint density at radius 1 is 0.900 bits per heavy atom. The number of phenolic OH excluding ortho intramolecular Hbond substituents is 1. The van der Waals surface area contributed by atoms with Gasteiger partial charge in [0.2, 0.25) is 0 Å². The van der Waals surface area contributed by atoms with E-state index in [0.29, 0.717) is 16.7 Å². The number of aromatic hydroxyl groups is 1. The summed E-state index contributed by atoms with van der Waals surface area (Å²) in [4.78, 5) is 24.1. The van der Waals surface area contributed by atoms with Crippen LogP contribution in [0.3, 0.4) is 0 Å². The van der Waals surface area contributed by atoms with Crippen molar-refractivity contribution in [2.24, 2.45) is 5.10 Å². The first-order chi connectivity index (χ1) is 9.66. The van der Waals surface area contributed by atoms with Crippen molar-refractivity contribution >= 4 is 18.0 Å². The van der Waals surface area contributed by atoms with Crippen LogP contribution < -0.4 is 0 Å². The van der Waals surface area contributed by atoms with E-state index in [9.17, 15) is 14.7 Å². The van der Waals surface area contributed by atoms with Gasteiger partial charge in [-0.1, -0.05) is 12.1 Å². The molecule has 0 bridgehead atoms. The molecule has 98 valence electrons. The second-order valence-electron chi connectivity index (χ2n) is 4.30. The molecule has 20 heavy (non-hydrogen) atoms. The predicted molar refractivity (Wildman–Crippen MR) is 72.6 cm³/mol. The molecule has 2 aromatic carbocycles. The molecule has 5 heteroatoms. The molecule has 0 spiro atoms. The Hall–Kier alpha value is -2.95. The predicted octanol–water partition coefficient (Wildman–Crippen LogP) is 2.02. The molecule has 0 radical (unpaired) electrons. The van der Waals surface area contributed by atoms with Crippen LogP contribution in [-0.2, 0) is 0 Å². The van der Waals surface area contributed by atoms with Gasteiger partial charge in [-0.25, -0.2) is 0 Å². The van der Waals surface area contributed by atoms with Crippen molar-refractivity contribution in [1.82, 2.24) is 5.01 Å². The standard InChI is InChI=1S/C15H10N2O3/c18-11-7-5-10(6-8-11)9-16-17-14(19)12-3-1-2-4-13(12)15(17)20/h1-9,18H/b16-9+. The van der Waals surface area contributed by atoms with Crippen LogP contribution in [0.2, 0.25) is 0 Å². The maximum Gasteiger partial charge on any atom is 0.282 e. The van der Waals surface area contributed by atoms with Crippen molar-refractivity contribution in [3.05, 3.63) is 65.2 Å². The van der Waals surface area contributed by atoms with Gasteiger partial charge in [-0.2, -0.15) is 10.1 Å². The molecule has 0 aliphatic carbocycles. The number of hydrogen-bond donors (Lipinski definition) is 1. The van der Waals surface area contributed by atoms with Crippen molar-refractivity contribution in [1.29, 1.82) is 0 Å². The average molecular weight is 266 g/mol. The van der Waals surface area contributed by atoms with Crippen LogP contribution in [-0.4, -0.2) is 28.1 Å². The minimum atomic E-state index is -0.430. The molecule has 0 fully saturated rings. The third-order valence-electron chi connectivity index (χ3n) is 2.99. The highest BCUT2D eigenvalue weighted by Gasteiger charge is 2.35. The summed E-state index contributed by atoms with van der Waals surface area (Å²) in [5.41, 5.74) is 1.40. The summed E-state index contributed by atoms with van der Waals surface area (Å²) in [7, 11) is 0. The van der Waals surface area contributed by atoms with Crippen molar-refractivity contribution in [3.63, 3.8) is 0 Å². The zero-order valence-electron chi connectivity index (χ0n) is 10.4. The number of carbonyl (C=O) groups excluding carboxylic acids is 2. The zero-order valence-corrected chi connectivity index (χ0v) is 10.4. The van der Waals surface area contributed by atoms with Crippen LogP contribution in [0.1, 0.15) is 26.3 Å². The van der Waals surface area contributed by atoms with Gasteiger partial charge in [-0.05, 0) is 42.0 Å². The molecule has 1 N–H and O–H groups in total. The van der Waals surface area contributed by atoms with Crippen molar-refractivity contribution in [2.75, 3.05) is 0 Å². The number of rotatable bonds is 2. The lowest BCUT2D eigenvalue weighted by Gasteiger charge is -2.05. The summed E-state index contributed by atoms with van der Waals surface area (Å²) in [5.74, 6) is -0.718. The summed E-state index contributed by atoms with van der Waals surface area (Å²) in [5, 5.41) is 13.9. The normalized spacial score (nSPS) is 14.1. The number of fused-ring (bicyclic) bond motifs is 1. The number of benzene rings is 2. The Morgan fingerprint density at radius 2 is 1.45 bits per heavy atom. The molecule has 0 saturated carbocycles. The van der Waals surface area contributed by atoms with E-state index < -0.39 is 11.8 Å². The fraction of sp³-hybridized carbons (Fsp3) is 0. The molecule has 0 atom stereocenters. The number of hydrogen-bond acceptors (Lipinski definition) is 4. The third-order valence-corrected chi connectivity index (χ3v) is 2.99. The molecule has 0 saturated heterocycles. The Labute approximate surface area is 114 Å². The maximum atomic E-state index is 12.0. The van der Waals surface area contributed by atoms with Gasteiger partial charge in [-0.15, -0.1) is 0 Å². The van der Waals surface area contributed by atoms with Crippen LogP contribution in [0.4, 0.5) is 0 Å². The second-order valence-corrected chi connectivity index (χ2v) is 4.30. The molecule has 5 nitrogen and oxygen atoms in total. The molecular weight excluding hydrogens is 256 g/mol. The summed E-state index contributed by atoms with van der Waals surface area (Å²) < 4.78 is 0. The minimum Gasteiger partial charge on any atom is -0.508 e. The van der Waals surface area contributed by atoms with Crippen molar-refractivity contribution < 1.29 is 14.7 Å². The first kappa shape index (κ1) is 12.1. The van der Waals surface area contributed by atoms with Crippen LogP contribution >= 0.6 is 0 Å². The highest BCUT2D eigenvalue weighted by molar-refractivity contribution is 6.21. The maximum absolute atomic E-state index is 12.0. The SMILES string of the molecule is O=C1c2ccccc2C(=O)N1/N=C/c1ccc(O)cc1. The minimum absolute atomic E-state index is 0.142. The van der Waals surface area contributed by atoms with Crippen LogP contribution in [0.25, 0.3) is 0 Å². The lowest BCUT2D eigenvalue weighted by Crippen LogP contribution is -2.23. The summed E-state index contributed by atoms with van der Waals surface area (Å²) in [6, 6.07) is 12.9. The molecule has 1 aliphatic heterocycles. The molecule has 0 aromatic heterocycles. The van der Waals surface area contributed by atoms with Gasteiger partial charge in [0, 0.05) is 0 Å². The number of imide groups is 1. The summed E-state index contributed by atoms with van der Waals surface area (Å²) >= 11 is 0. The van der Waals surface area contributed by atoms with Gasteiger partial charge in [0.1, 0.15) is 5.75 Å². The largest absolute Gasteiger partial charge is 0.508 e. The Bertz CT molecular complexity index is 685. The van der Waals surface area contributed by atoms with E-state index in [1.165, 1.54) is 18.3 Å². The number of hydrazone groups is 1. The lowest BCUT2D eigenvalue weighted by molar-refractivity contribution is 0.0660. The fourth-order valence-electron chi connectivity index (χ4n) is 1.97. The van der Waals surface area contributed by atoms with Gasteiger partial charge in [0.25, 0.3) is 11.8 Å². The number of nitrogens with zero attached hydrogens (tertiary/aromatic N) is 2. The number of amides is 2. The highest BCUT2D eigenvalue weighted by atomic mass is 16.3. The molecular formula is C15H10N2O3. The molecule has 0 unspecified atom stereocenters. The van der Waals surface area contributed by atoms with Gasteiger partial charge < -0.3 is 5.11 Å². The third kappa shape index (κ3) is 1.95. The molecule has 2 amide bonds. The van der Waals surface area contributed by atoms with Crippen LogP contribution in [0.5, 0.6) is 5.75 Å². The molecule has 1 heterocycles. The van der Waals surface area contributed by atoms with E-state index in [-0.39, 0.29) is 5.75 Å². The van der Waals surface area contributed by atoms with E-state index in [4.69, 9.17) is 0 Å². The Morgan fingerprint density at radius 3 is 2.00 bits per heavy atom. The first-order valence-corrected chi connectivity index (χ1v) is 5.97. The Balaban J connectivity index is 1.88. The Kier molecular flexibility index (Phi) is 2.80. The molecule has 3 rings (SSSR count).